The van der Waals surface area contributed by atoms with Crippen molar-refractivity contribution in [3.63, 3.8) is 0 Å². The van der Waals surface area contributed by atoms with Gasteiger partial charge in [-0.15, -0.1) is 0 Å². The highest BCUT2D eigenvalue weighted by atomic mass is 16.5. The van der Waals surface area contributed by atoms with Crippen LogP contribution in [0.2, 0.25) is 0 Å². The predicted octanol–water partition coefficient (Wildman–Crippen LogP) is -0.788. The molecule has 9 nitrogen and oxygen atoms in total. The van der Waals surface area contributed by atoms with Crippen molar-refractivity contribution in [2.24, 2.45) is 14.1 Å². The Kier molecular flexibility index (Phi) is 4.84. The van der Waals surface area contributed by atoms with E-state index < -0.39 is 11.2 Å². The average molecular weight is 347 g/mol. The van der Waals surface area contributed by atoms with Gasteiger partial charge in [-0.3, -0.25) is 23.4 Å². The minimum Gasteiger partial charge on any atom is -0.374 e. The van der Waals surface area contributed by atoms with Crippen LogP contribution < -0.4 is 11.2 Å². The molecule has 0 unspecified atom stereocenters. The fourth-order valence-corrected chi connectivity index (χ4v) is 2.91. The Balaban J connectivity index is 1.83. The topological polar surface area (TPSA) is 91.4 Å². The van der Waals surface area contributed by atoms with Crippen LogP contribution in [0.3, 0.4) is 0 Å². The summed E-state index contributed by atoms with van der Waals surface area (Å²) in [4.78, 5) is 38.5. The van der Waals surface area contributed by atoms with Gasteiger partial charge in [0.05, 0.1) is 12.6 Å². The summed E-state index contributed by atoms with van der Waals surface area (Å²) in [6.07, 6.45) is 4.02. The summed E-state index contributed by atoms with van der Waals surface area (Å²) in [6, 6.07) is 3.03. The first-order valence-corrected chi connectivity index (χ1v) is 8.12. The van der Waals surface area contributed by atoms with Gasteiger partial charge in [-0.1, -0.05) is 0 Å². The molecule has 9 heteroatoms. The Labute approximate surface area is 144 Å². The molecule has 134 valence electrons. The molecular formula is C16H21N5O4. The van der Waals surface area contributed by atoms with Crippen LogP contribution in [-0.2, 0) is 25.4 Å². The Morgan fingerprint density at radius 3 is 2.84 bits per heavy atom. The predicted molar refractivity (Wildman–Crippen MR) is 89.4 cm³/mol. The normalized spacial score (nSPS) is 18.2. The van der Waals surface area contributed by atoms with E-state index in [0.717, 1.165) is 4.57 Å². The second-order valence-corrected chi connectivity index (χ2v) is 6.09. The Morgan fingerprint density at radius 1 is 1.32 bits per heavy atom. The van der Waals surface area contributed by atoms with Gasteiger partial charge < -0.3 is 9.64 Å². The Bertz CT molecular complexity index is 868. The second-order valence-electron chi connectivity index (χ2n) is 6.09. The molecule has 1 atom stereocenters. The van der Waals surface area contributed by atoms with E-state index in [1.165, 1.54) is 24.7 Å². The first-order valence-electron chi connectivity index (χ1n) is 8.12. The monoisotopic (exact) mass is 347 g/mol. The lowest BCUT2D eigenvalue weighted by Gasteiger charge is -2.24. The molecule has 3 heterocycles. The van der Waals surface area contributed by atoms with Gasteiger partial charge in [-0.25, -0.2) is 4.79 Å². The van der Waals surface area contributed by atoms with Crippen LogP contribution in [0.15, 0.2) is 34.1 Å². The van der Waals surface area contributed by atoms with Crippen LogP contribution in [0.5, 0.6) is 0 Å². The maximum atomic E-state index is 12.9. The molecule has 1 amide bonds. The molecule has 0 radical (unpaired) electrons. The molecule has 1 saturated heterocycles. The number of nitrogens with zero attached hydrogens (tertiary/aromatic N) is 5. The van der Waals surface area contributed by atoms with Crippen molar-refractivity contribution in [3.8, 4) is 0 Å². The third-order valence-corrected chi connectivity index (χ3v) is 4.33. The molecule has 3 rings (SSSR count). The zero-order chi connectivity index (χ0) is 18.0. The number of carbonyl (C=O) groups is 1. The van der Waals surface area contributed by atoms with Gasteiger partial charge in [0.25, 0.3) is 11.5 Å². The highest BCUT2D eigenvalue weighted by molar-refractivity contribution is 5.92. The smallest absolute Gasteiger partial charge is 0.331 e. The van der Waals surface area contributed by atoms with E-state index in [-0.39, 0.29) is 17.7 Å². The lowest BCUT2D eigenvalue weighted by Crippen LogP contribution is -2.44. The summed E-state index contributed by atoms with van der Waals surface area (Å²) in [5, 5.41) is 4.16. The number of aromatic nitrogens is 4. The van der Waals surface area contributed by atoms with Gasteiger partial charge in [0, 0.05) is 52.3 Å². The molecular weight excluding hydrogens is 326 g/mol. The highest BCUT2D eigenvalue weighted by Crippen LogP contribution is 2.11. The fourth-order valence-electron chi connectivity index (χ4n) is 2.91. The maximum Gasteiger partial charge on any atom is 0.331 e. The van der Waals surface area contributed by atoms with Crippen LogP contribution in [-0.4, -0.2) is 55.5 Å². The van der Waals surface area contributed by atoms with E-state index in [1.54, 1.807) is 15.8 Å². The molecule has 25 heavy (non-hydrogen) atoms. The lowest BCUT2D eigenvalue weighted by molar-refractivity contribution is 0.0364. The van der Waals surface area contributed by atoms with E-state index in [1.807, 2.05) is 12.3 Å². The Hall–Kier alpha value is -2.68. The molecule has 1 fully saturated rings. The average Bonchev–Trinajstić information content (AvgIpc) is 2.99. The standard InChI is InChI=1S/C16H21N5O4/c1-18-13(9-14(22)19(2)16(18)24)15(23)20-6-4-8-25-12(10-20)11-21-7-3-5-17-21/h3,5,7,9,12H,4,6,8,10-11H2,1-2H3/t12-/m0/s1. The quantitative estimate of drug-likeness (QED) is 0.726. The number of ether oxygens (including phenoxy) is 1. The van der Waals surface area contributed by atoms with Crippen LogP contribution in [0.25, 0.3) is 0 Å². The second kappa shape index (κ2) is 7.06. The number of hydrogen-bond acceptors (Lipinski definition) is 5. The SMILES string of the molecule is Cn1c(C(=O)N2CCCO[C@H](Cn3cccn3)C2)cc(=O)n(C)c1=O. The zero-order valence-corrected chi connectivity index (χ0v) is 14.3. The van der Waals surface area contributed by atoms with E-state index in [4.69, 9.17) is 4.74 Å². The van der Waals surface area contributed by atoms with Crippen molar-refractivity contribution in [1.29, 1.82) is 0 Å². The van der Waals surface area contributed by atoms with Crippen molar-refractivity contribution in [1.82, 2.24) is 23.8 Å². The van der Waals surface area contributed by atoms with Gasteiger partial charge in [-0.2, -0.15) is 5.10 Å². The van der Waals surface area contributed by atoms with Crippen molar-refractivity contribution in [3.05, 3.63) is 51.1 Å². The van der Waals surface area contributed by atoms with E-state index in [9.17, 15) is 14.4 Å². The van der Waals surface area contributed by atoms with Crippen LogP contribution in [0, 0.1) is 0 Å². The first kappa shape index (κ1) is 17.2. The molecule has 0 saturated carbocycles. The number of rotatable bonds is 3. The Morgan fingerprint density at radius 2 is 2.12 bits per heavy atom. The highest BCUT2D eigenvalue weighted by Gasteiger charge is 2.26. The molecule has 0 N–H and O–H groups in total. The molecule has 1 aliphatic rings. The molecule has 0 bridgehead atoms. The van der Waals surface area contributed by atoms with Gasteiger partial charge in [-0.05, 0) is 12.5 Å². The van der Waals surface area contributed by atoms with E-state index in [0.29, 0.717) is 32.7 Å². The molecule has 0 aliphatic carbocycles. The molecule has 1 aliphatic heterocycles. The van der Waals surface area contributed by atoms with Crippen molar-refractivity contribution < 1.29 is 9.53 Å². The molecule has 0 spiro atoms. The lowest BCUT2D eigenvalue weighted by atomic mass is 10.2. The third-order valence-electron chi connectivity index (χ3n) is 4.33. The minimum absolute atomic E-state index is 0.0906. The number of carbonyl (C=O) groups excluding carboxylic acids is 1. The number of hydrogen-bond donors (Lipinski definition) is 0. The van der Waals surface area contributed by atoms with E-state index in [2.05, 4.69) is 5.10 Å². The van der Waals surface area contributed by atoms with Gasteiger partial charge >= 0.3 is 5.69 Å². The van der Waals surface area contributed by atoms with Crippen LogP contribution in [0.1, 0.15) is 16.9 Å². The van der Waals surface area contributed by atoms with Gasteiger partial charge in [0.1, 0.15) is 5.69 Å². The summed E-state index contributed by atoms with van der Waals surface area (Å²) in [5.74, 6) is -0.340. The largest absolute Gasteiger partial charge is 0.374 e. The summed E-state index contributed by atoms with van der Waals surface area (Å²) >= 11 is 0. The molecule has 2 aromatic rings. The number of amides is 1. The van der Waals surface area contributed by atoms with Gasteiger partial charge in [0.2, 0.25) is 0 Å². The van der Waals surface area contributed by atoms with Crippen LogP contribution in [0.4, 0.5) is 0 Å². The molecule has 0 aromatic carbocycles. The maximum absolute atomic E-state index is 12.9. The van der Waals surface area contributed by atoms with E-state index >= 15 is 0 Å². The van der Waals surface area contributed by atoms with Crippen molar-refractivity contribution in [2.75, 3.05) is 19.7 Å². The zero-order valence-electron chi connectivity index (χ0n) is 14.3. The fraction of sp³-hybridized carbons (Fsp3) is 0.500. The third kappa shape index (κ3) is 3.55. The van der Waals surface area contributed by atoms with Gasteiger partial charge in [0.15, 0.2) is 0 Å². The summed E-state index contributed by atoms with van der Waals surface area (Å²) in [5.41, 5.74) is -0.923. The minimum atomic E-state index is -0.519. The van der Waals surface area contributed by atoms with Crippen LogP contribution >= 0.6 is 0 Å². The summed E-state index contributed by atoms with van der Waals surface area (Å²) in [6.45, 7) is 1.97. The molecule has 2 aromatic heterocycles. The van der Waals surface area contributed by atoms with Crippen molar-refractivity contribution in [2.45, 2.75) is 19.1 Å². The summed E-state index contributed by atoms with van der Waals surface area (Å²) in [7, 11) is 2.88. The van der Waals surface area contributed by atoms with Crippen molar-refractivity contribution >= 4 is 5.91 Å². The summed E-state index contributed by atoms with van der Waals surface area (Å²) < 4.78 is 9.74. The first-order chi connectivity index (χ1) is 12.0.